The predicted octanol–water partition coefficient (Wildman–Crippen LogP) is 2.46. The van der Waals surface area contributed by atoms with Crippen LogP contribution in [0.1, 0.15) is 52.4 Å². The number of hydrogen-bond donors (Lipinski definition) is 1. The lowest BCUT2D eigenvalue weighted by Crippen LogP contribution is -2.44. The summed E-state index contributed by atoms with van der Waals surface area (Å²) in [5.74, 6) is 0. The predicted molar refractivity (Wildman–Crippen MR) is 89.3 cm³/mol. The summed E-state index contributed by atoms with van der Waals surface area (Å²) in [5, 5.41) is 12.9. The molecule has 0 amide bonds. The van der Waals surface area contributed by atoms with Crippen molar-refractivity contribution in [3.05, 3.63) is 0 Å². The molecule has 0 aromatic heterocycles. The van der Waals surface area contributed by atoms with E-state index in [0.717, 1.165) is 51.4 Å². The lowest BCUT2D eigenvalue weighted by Gasteiger charge is -2.29. The number of rotatable bonds is 10. The molecule has 2 atom stereocenters. The molecule has 0 aromatic carbocycles. The highest BCUT2D eigenvalue weighted by Crippen LogP contribution is 2.18. The summed E-state index contributed by atoms with van der Waals surface area (Å²) in [5.41, 5.74) is -0.318. The monoisotopic (exact) mass is 294 g/mol. The van der Waals surface area contributed by atoms with Crippen LogP contribution in [0.3, 0.4) is 0 Å². The fraction of sp³-hybridized carbons (Fsp3) is 0.941. The molecule has 0 spiro atoms. The highest BCUT2D eigenvalue weighted by atomic mass is 15.2. The van der Waals surface area contributed by atoms with Gasteiger partial charge < -0.3 is 9.80 Å². The zero-order chi connectivity index (χ0) is 15.7. The van der Waals surface area contributed by atoms with Crippen LogP contribution in [0.15, 0.2) is 0 Å². The van der Waals surface area contributed by atoms with Crippen LogP contribution >= 0.6 is 0 Å². The third-order valence-corrected chi connectivity index (χ3v) is 4.87. The molecule has 0 aliphatic carbocycles. The third kappa shape index (κ3) is 5.94. The normalized spacial score (nSPS) is 22.4. The summed E-state index contributed by atoms with van der Waals surface area (Å²) >= 11 is 0. The van der Waals surface area contributed by atoms with Crippen molar-refractivity contribution >= 4 is 0 Å². The van der Waals surface area contributed by atoms with Crippen LogP contribution in [0, 0.1) is 11.3 Å². The smallest absolute Gasteiger partial charge is 0.106 e. The first kappa shape index (κ1) is 18.4. The Bertz CT molecular complexity index is 325. The van der Waals surface area contributed by atoms with E-state index < -0.39 is 0 Å². The van der Waals surface area contributed by atoms with Gasteiger partial charge in [0.15, 0.2) is 0 Å². The van der Waals surface area contributed by atoms with E-state index in [1.54, 1.807) is 0 Å². The molecule has 4 heteroatoms. The van der Waals surface area contributed by atoms with E-state index in [0.29, 0.717) is 0 Å². The Labute approximate surface area is 131 Å². The highest BCUT2D eigenvalue weighted by Gasteiger charge is 2.27. The van der Waals surface area contributed by atoms with Gasteiger partial charge in [-0.3, -0.25) is 5.32 Å². The number of likely N-dealkylation sites (N-methyl/N-ethyl adjacent to an activating group) is 2. The second-order valence-corrected chi connectivity index (χ2v) is 6.62. The maximum absolute atomic E-state index is 9.50. The molecule has 0 radical (unpaired) electrons. The minimum Gasteiger partial charge on any atom is -0.305 e. The van der Waals surface area contributed by atoms with Gasteiger partial charge in [0.1, 0.15) is 5.54 Å². The molecule has 1 fully saturated rings. The fourth-order valence-electron chi connectivity index (χ4n) is 3.24. The van der Waals surface area contributed by atoms with E-state index in [-0.39, 0.29) is 5.54 Å². The Hall–Kier alpha value is -0.630. The molecule has 21 heavy (non-hydrogen) atoms. The summed E-state index contributed by atoms with van der Waals surface area (Å²) in [7, 11) is 4.45. The summed E-state index contributed by atoms with van der Waals surface area (Å²) in [6.07, 6.45) is 6.67. The van der Waals surface area contributed by atoms with Gasteiger partial charge in [-0.05, 0) is 72.3 Å². The number of likely N-dealkylation sites (tertiary alicyclic amines) is 1. The van der Waals surface area contributed by atoms with Gasteiger partial charge in [0, 0.05) is 12.6 Å². The van der Waals surface area contributed by atoms with Crippen LogP contribution in [0.2, 0.25) is 0 Å². The number of nitriles is 1. The molecular weight excluding hydrogens is 260 g/mol. The third-order valence-electron chi connectivity index (χ3n) is 4.87. The SMILES string of the molecule is CCCNC(C#N)(CC)CCCN(C)CC1CCCN1C. The van der Waals surface area contributed by atoms with E-state index in [9.17, 15) is 5.26 Å². The number of hydrogen-bond acceptors (Lipinski definition) is 4. The van der Waals surface area contributed by atoms with Gasteiger partial charge in [-0.1, -0.05) is 13.8 Å². The zero-order valence-corrected chi connectivity index (χ0v) is 14.5. The molecular formula is C17H34N4. The van der Waals surface area contributed by atoms with E-state index in [1.807, 2.05) is 0 Å². The van der Waals surface area contributed by atoms with Crippen molar-refractivity contribution in [2.75, 3.05) is 40.3 Å². The first-order chi connectivity index (χ1) is 10.1. The minimum absolute atomic E-state index is 0.318. The number of nitrogens with one attached hydrogen (secondary N) is 1. The van der Waals surface area contributed by atoms with Crippen molar-refractivity contribution in [3.63, 3.8) is 0 Å². The van der Waals surface area contributed by atoms with Crippen LogP contribution in [-0.2, 0) is 0 Å². The van der Waals surface area contributed by atoms with E-state index in [1.165, 1.54) is 19.4 Å². The van der Waals surface area contributed by atoms with Gasteiger partial charge in [0.05, 0.1) is 6.07 Å². The second kappa shape index (κ2) is 9.40. The van der Waals surface area contributed by atoms with Crippen molar-refractivity contribution in [2.45, 2.75) is 64.0 Å². The average Bonchev–Trinajstić information content (AvgIpc) is 2.88. The largest absolute Gasteiger partial charge is 0.305 e. The molecule has 0 bridgehead atoms. The first-order valence-electron chi connectivity index (χ1n) is 8.62. The van der Waals surface area contributed by atoms with Gasteiger partial charge in [0.25, 0.3) is 0 Å². The van der Waals surface area contributed by atoms with Crippen LogP contribution in [-0.4, -0.2) is 61.7 Å². The second-order valence-electron chi connectivity index (χ2n) is 6.62. The molecule has 1 N–H and O–H groups in total. The summed E-state index contributed by atoms with van der Waals surface area (Å²) < 4.78 is 0. The van der Waals surface area contributed by atoms with Gasteiger partial charge in [-0.25, -0.2) is 0 Å². The van der Waals surface area contributed by atoms with Crippen LogP contribution in [0.4, 0.5) is 0 Å². The van der Waals surface area contributed by atoms with Gasteiger partial charge in [-0.2, -0.15) is 5.26 Å². The standard InChI is InChI=1S/C17H34N4/c1-5-11-19-17(6-2,15-18)10-8-12-20(3)14-16-9-7-13-21(16)4/h16,19H,5-14H2,1-4H3. The van der Waals surface area contributed by atoms with Crippen molar-refractivity contribution in [3.8, 4) is 6.07 Å². The first-order valence-corrected chi connectivity index (χ1v) is 8.62. The Morgan fingerprint density at radius 1 is 1.43 bits per heavy atom. The van der Waals surface area contributed by atoms with Gasteiger partial charge >= 0.3 is 0 Å². The van der Waals surface area contributed by atoms with Crippen molar-refractivity contribution in [1.82, 2.24) is 15.1 Å². The van der Waals surface area contributed by atoms with Crippen LogP contribution in [0.25, 0.3) is 0 Å². The van der Waals surface area contributed by atoms with Crippen molar-refractivity contribution in [1.29, 1.82) is 5.26 Å². The Morgan fingerprint density at radius 3 is 2.71 bits per heavy atom. The Balaban J connectivity index is 2.31. The zero-order valence-electron chi connectivity index (χ0n) is 14.5. The van der Waals surface area contributed by atoms with Crippen molar-refractivity contribution < 1.29 is 0 Å². The van der Waals surface area contributed by atoms with Crippen LogP contribution in [0.5, 0.6) is 0 Å². The highest BCUT2D eigenvalue weighted by molar-refractivity contribution is 5.06. The molecule has 4 nitrogen and oxygen atoms in total. The van der Waals surface area contributed by atoms with E-state index >= 15 is 0 Å². The minimum atomic E-state index is -0.318. The molecule has 2 unspecified atom stereocenters. The molecule has 1 aliphatic rings. The molecule has 1 rings (SSSR count). The van der Waals surface area contributed by atoms with Crippen LogP contribution < -0.4 is 5.32 Å². The molecule has 0 aromatic rings. The molecule has 1 heterocycles. The van der Waals surface area contributed by atoms with E-state index in [4.69, 9.17) is 0 Å². The maximum atomic E-state index is 9.50. The lowest BCUT2D eigenvalue weighted by molar-refractivity contribution is 0.213. The van der Waals surface area contributed by atoms with Gasteiger partial charge in [-0.15, -0.1) is 0 Å². The molecule has 1 aliphatic heterocycles. The summed E-state index contributed by atoms with van der Waals surface area (Å²) in [6, 6.07) is 3.24. The fourth-order valence-corrected chi connectivity index (χ4v) is 3.24. The van der Waals surface area contributed by atoms with Crippen molar-refractivity contribution in [2.24, 2.45) is 0 Å². The summed E-state index contributed by atoms with van der Waals surface area (Å²) in [4.78, 5) is 4.91. The topological polar surface area (TPSA) is 42.3 Å². The molecule has 122 valence electrons. The summed E-state index contributed by atoms with van der Waals surface area (Å²) in [6.45, 7) is 8.68. The maximum Gasteiger partial charge on any atom is 0.106 e. The Morgan fingerprint density at radius 2 is 2.19 bits per heavy atom. The molecule has 1 saturated heterocycles. The Kier molecular flexibility index (Phi) is 8.24. The van der Waals surface area contributed by atoms with E-state index in [2.05, 4.69) is 49.1 Å². The average molecular weight is 294 g/mol. The number of nitrogens with zero attached hydrogens (tertiary/aromatic N) is 3. The molecule has 0 saturated carbocycles. The van der Waals surface area contributed by atoms with Gasteiger partial charge in [0.2, 0.25) is 0 Å². The quantitative estimate of drug-likeness (QED) is 0.672. The lowest BCUT2D eigenvalue weighted by atomic mass is 9.91.